The minimum absolute atomic E-state index is 0.121. The molecule has 0 spiro atoms. The maximum absolute atomic E-state index is 14.5. The van der Waals surface area contributed by atoms with Gasteiger partial charge in [0.1, 0.15) is 22.9 Å². The summed E-state index contributed by atoms with van der Waals surface area (Å²) in [5.74, 6) is 0.00231. The number of carbonyl (C=O) groups excluding carboxylic acids is 1. The van der Waals surface area contributed by atoms with Crippen molar-refractivity contribution in [3.63, 3.8) is 0 Å². The van der Waals surface area contributed by atoms with Gasteiger partial charge in [0.15, 0.2) is 5.78 Å². The van der Waals surface area contributed by atoms with Gasteiger partial charge >= 0.3 is 0 Å². The number of aromatic nitrogens is 1. The number of pyridine rings is 1. The van der Waals surface area contributed by atoms with Gasteiger partial charge in [-0.1, -0.05) is 6.07 Å². The van der Waals surface area contributed by atoms with E-state index in [1.54, 1.807) is 30.5 Å². The van der Waals surface area contributed by atoms with E-state index in [9.17, 15) is 9.18 Å². The van der Waals surface area contributed by atoms with Crippen LogP contribution in [0.5, 0.6) is 0 Å². The molecular formula is C19H20BrFN4O. The summed E-state index contributed by atoms with van der Waals surface area (Å²) in [6.07, 6.45) is 1.73. The second-order valence-electron chi connectivity index (χ2n) is 6.83. The summed E-state index contributed by atoms with van der Waals surface area (Å²) < 4.78 is 15.3. The predicted molar refractivity (Wildman–Crippen MR) is 103 cm³/mol. The lowest BCUT2D eigenvalue weighted by atomic mass is 9.88. The predicted octanol–water partition coefficient (Wildman–Crippen LogP) is 2.93. The lowest BCUT2D eigenvalue weighted by Crippen LogP contribution is -2.46. The van der Waals surface area contributed by atoms with Gasteiger partial charge in [0, 0.05) is 29.2 Å². The first-order chi connectivity index (χ1) is 12.3. The minimum atomic E-state index is -0.782. The van der Waals surface area contributed by atoms with Gasteiger partial charge in [0.2, 0.25) is 0 Å². The normalized spacial score (nSPS) is 20.7. The third-order valence-electron chi connectivity index (χ3n) is 4.39. The van der Waals surface area contributed by atoms with Gasteiger partial charge in [-0.05, 0) is 59.7 Å². The Morgan fingerprint density at radius 1 is 1.38 bits per heavy atom. The fourth-order valence-electron chi connectivity index (χ4n) is 3.30. The molecule has 1 aromatic carbocycles. The molecule has 2 heterocycles. The highest BCUT2D eigenvalue weighted by Crippen LogP contribution is 2.31. The highest BCUT2D eigenvalue weighted by molar-refractivity contribution is 9.10. The van der Waals surface area contributed by atoms with Crippen LogP contribution in [0.25, 0.3) is 0 Å². The molecule has 1 aliphatic rings. The standard InChI is InChI=1S/C19H20BrFN4O/c1-19(11-25(2)10-18(22)24-19)14-7-12(3-5-15(14)21)8-17(26)16-6-4-13(20)9-23-16/h3-7,9H,8,10-11H2,1-2H3,(H2,22,24). The van der Waals surface area contributed by atoms with Gasteiger partial charge in [-0.25, -0.2) is 4.39 Å². The van der Waals surface area contributed by atoms with E-state index in [1.807, 2.05) is 18.9 Å². The summed E-state index contributed by atoms with van der Waals surface area (Å²) in [4.78, 5) is 23.1. The van der Waals surface area contributed by atoms with Crippen LogP contribution in [0.1, 0.15) is 28.5 Å². The third kappa shape index (κ3) is 3.99. The first-order valence-electron chi connectivity index (χ1n) is 8.23. The molecule has 26 heavy (non-hydrogen) atoms. The van der Waals surface area contributed by atoms with Crippen molar-refractivity contribution in [2.24, 2.45) is 10.7 Å². The Hall–Kier alpha value is -2.12. The average Bonchev–Trinajstić information content (AvgIpc) is 2.55. The first-order valence-corrected chi connectivity index (χ1v) is 9.02. The van der Waals surface area contributed by atoms with Crippen LogP contribution in [-0.4, -0.2) is 41.6 Å². The number of ketones is 1. The molecule has 0 bridgehead atoms. The van der Waals surface area contributed by atoms with Crippen molar-refractivity contribution in [2.75, 3.05) is 20.1 Å². The number of hydrogen-bond donors (Lipinski definition) is 1. The molecule has 2 N–H and O–H groups in total. The molecule has 0 saturated heterocycles. The van der Waals surface area contributed by atoms with Crippen molar-refractivity contribution < 1.29 is 9.18 Å². The summed E-state index contributed by atoms with van der Waals surface area (Å²) in [6.45, 7) is 2.97. The number of carbonyl (C=O) groups is 1. The van der Waals surface area contributed by atoms with Crippen LogP contribution in [-0.2, 0) is 12.0 Å². The number of Topliss-reactive ketones (excluding diaryl/α,β-unsaturated/α-hetero) is 1. The second kappa shape index (κ2) is 7.25. The van der Waals surface area contributed by atoms with Crippen molar-refractivity contribution in [1.29, 1.82) is 0 Å². The molecule has 0 radical (unpaired) electrons. The van der Waals surface area contributed by atoms with Gasteiger partial charge in [-0.3, -0.25) is 19.7 Å². The summed E-state index contributed by atoms with van der Waals surface area (Å²) in [7, 11) is 1.92. The SMILES string of the molecule is CN1CC(N)=NC(C)(c2cc(CC(=O)c3ccc(Br)cn3)ccc2F)C1. The number of nitrogens with two attached hydrogens (primary N) is 1. The van der Waals surface area contributed by atoms with Crippen molar-refractivity contribution in [3.8, 4) is 0 Å². The number of rotatable bonds is 4. The second-order valence-corrected chi connectivity index (χ2v) is 7.74. The molecule has 5 nitrogen and oxygen atoms in total. The maximum atomic E-state index is 14.5. The van der Waals surface area contributed by atoms with E-state index < -0.39 is 5.54 Å². The molecule has 1 aliphatic heterocycles. The van der Waals surface area contributed by atoms with Crippen LogP contribution < -0.4 is 5.73 Å². The molecule has 1 unspecified atom stereocenters. The lowest BCUT2D eigenvalue weighted by Gasteiger charge is -2.36. The fraction of sp³-hybridized carbons (Fsp3) is 0.316. The molecule has 3 rings (SSSR count). The van der Waals surface area contributed by atoms with E-state index in [2.05, 4.69) is 25.9 Å². The number of benzene rings is 1. The monoisotopic (exact) mass is 418 g/mol. The molecule has 0 aliphatic carbocycles. The van der Waals surface area contributed by atoms with Gasteiger partial charge in [-0.15, -0.1) is 0 Å². The molecule has 0 fully saturated rings. The molecule has 7 heteroatoms. The Labute approximate surface area is 160 Å². The molecule has 0 saturated carbocycles. The van der Waals surface area contributed by atoms with Crippen molar-refractivity contribution in [1.82, 2.24) is 9.88 Å². The number of nitrogens with zero attached hydrogens (tertiary/aromatic N) is 3. The molecule has 2 aromatic rings. The van der Waals surface area contributed by atoms with Gasteiger partial charge < -0.3 is 5.73 Å². The Balaban J connectivity index is 1.89. The van der Waals surface area contributed by atoms with E-state index in [0.29, 0.717) is 30.2 Å². The zero-order valence-corrected chi connectivity index (χ0v) is 16.3. The number of amidine groups is 1. The van der Waals surface area contributed by atoms with Crippen LogP contribution in [0.15, 0.2) is 46.0 Å². The van der Waals surface area contributed by atoms with Crippen LogP contribution in [0, 0.1) is 5.82 Å². The van der Waals surface area contributed by atoms with Crippen molar-refractivity contribution in [2.45, 2.75) is 18.9 Å². The van der Waals surface area contributed by atoms with E-state index in [-0.39, 0.29) is 18.0 Å². The number of likely N-dealkylation sites (N-methyl/N-ethyl adjacent to an activating group) is 1. The summed E-state index contributed by atoms with van der Waals surface area (Å²) >= 11 is 3.30. The number of hydrogen-bond acceptors (Lipinski definition) is 5. The number of aliphatic imine (C=N–C) groups is 1. The average molecular weight is 419 g/mol. The van der Waals surface area contributed by atoms with Crippen molar-refractivity contribution in [3.05, 3.63) is 63.6 Å². The van der Waals surface area contributed by atoms with Gasteiger partial charge in [0.05, 0.1) is 6.54 Å². The van der Waals surface area contributed by atoms with Crippen molar-refractivity contribution >= 4 is 27.5 Å². The van der Waals surface area contributed by atoms with E-state index >= 15 is 0 Å². The van der Waals surface area contributed by atoms with E-state index in [4.69, 9.17) is 5.73 Å². The lowest BCUT2D eigenvalue weighted by molar-refractivity contribution is 0.0988. The summed E-state index contributed by atoms with van der Waals surface area (Å²) in [5.41, 5.74) is 6.68. The zero-order valence-electron chi connectivity index (χ0n) is 14.7. The zero-order chi connectivity index (χ0) is 18.9. The Morgan fingerprint density at radius 2 is 2.15 bits per heavy atom. The third-order valence-corrected chi connectivity index (χ3v) is 4.86. The Bertz CT molecular complexity index is 868. The number of halogens is 2. The Kier molecular flexibility index (Phi) is 5.20. The quantitative estimate of drug-likeness (QED) is 0.774. The van der Waals surface area contributed by atoms with Crippen LogP contribution >= 0.6 is 15.9 Å². The molecule has 1 aromatic heterocycles. The van der Waals surface area contributed by atoms with Crippen LogP contribution in [0.3, 0.4) is 0 Å². The topological polar surface area (TPSA) is 71.6 Å². The fourth-order valence-corrected chi connectivity index (χ4v) is 3.54. The molecular weight excluding hydrogens is 399 g/mol. The van der Waals surface area contributed by atoms with Crippen LogP contribution in [0.2, 0.25) is 0 Å². The van der Waals surface area contributed by atoms with Gasteiger partial charge in [0.25, 0.3) is 0 Å². The molecule has 0 amide bonds. The molecule has 1 atom stereocenters. The van der Waals surface area contributed by atoms with E-state index in [1.165, 1.54) is 6.07 Å². The minimum Gasteiger partial charge on any atom is -0.386 e. The molecule has 136 valence electrons. The van der Waals surface area contributed by atoms with Gasteiger partial charge in [-0.2, -0.15) is 0 Å². The highest BCUT2D eigenvalue weighted by Gasteiger charge is 2.34. The highest BCUT2D eigenvalue weighted by atomic mass is 79.9. The largest absolute Gasteiger partial charge is 0.386 e. The summed E-state index contributed by atoms with van der Waals surface area (Å²) in [6, 6.07) is 8.16. The first kappa shape index (κ1) is 18.7. The summed E-state index contributed by atoms with van der Waals surface area (Å²) in [5, 5.41) is 0. The maximum Gasteiger partial charge on any atom is 0.185 e. The van der Waals surface area contributed by atoms with Crippen LogP contribution in [0.4, 0.5) is 4.39 Å². The Morgan fingerprint density at radius 3 is 2.81 bits per heavy atom. The smallest absolute Gasteiger partial charge is 0.185 e. The van der Waals surface area contributed by atoms with E-state index in [0.717, 1.165) is 10.0 Å².